The van der Waals surface area contributed by atoms with E-state index in [2.05, 4.69) is 0 Å². The maximum Gasteiger partial charge on any atom is 0.340 e. The summed E-state index contributed by atoms with van der Waals surface area (Å²) in [6.07, 6.45) is 0. The molecule has 0 saturated heterocycles. The molecule has 2 aromatic carbocycles. The quantitative estimate of drug-likeness (QED) is 0.584. The second kappa shape index (κ2) is 7.79. The average molecular weight is 333 g/mol. The van der Waals surface area contributed by atoms with E-state index in [1.807, 2.05) is 30.3 Å². The molecule has 0 aromatic heterocycles. The summed E-state index contributed by atoms with van der Waals surface area (Å²) in [7, 11) is 0. The zero-order chi connectivity index (χ0) is 16.8. The number of carbonyl (C=O) groups excluding carboxylic acids is 2. The third-order valence-corrected chi connectivity index (χ3v) is 3.58. The number of hydrogen-bond acceptors (Lipinski definition) is 4. The van der Waals surface area contributed by atoms with Crippen LogP contribution in [0.2, 0.25) is 5.02 Å². The molecule has 120 valence electrons. The number of esters is 1. The van der Waals surface area contributed by atoms with Crippen molar-refractivity contribution >= 4 is 23.4 Å². The van der Waals surface area contributed by atoms with Crippen LogP contribution >= 0.6 is 11.6 Å². The molecule has 0 aliphatic heterocycles. The highest BCUT2D eigenvalue weighted by Crippen LogP contribution is 2.32. The van der Waals surface area contributed by atoms with Gasteiger partial charge in [0.1, 0.15) is 12.4 Å². The van der Waals surface area contributed by atoms with E-state index in [-0.39, 0.29) is 28.5 Å². The molecule has 0 spiro atoms. The zero-order valence-corrected chi connectivity index (χ0v) is 13.7. The summed E-state index contributed by atoms with van der Waals surface area (Å²) in [6, 6.07) is 12.7. The predicted molar refractivity (Wildman–Crippen MR) is 88.2 cm³/mol. The maximum absolute atomic E-state index is 12.1. The summed E-state index contributed by atoms with van der Waals surface area (Å²) in [6.45, 7) is 3.57. The molecule has 0 aliphatic carbocycles. The second-order valence-electron chi connectivity index (χ2n) is 4.85. The summed E-state index contributed by atoms with van der Waals surface area (Å²) < 4.78 is 10.7. The third-order valence-electron chi connectivity index (χ3n) is 3.20. The Kier molecular flexibility index (Phi) is 5.77. The van der Waals surface area contributed by atoms with E-state index in [4.69, 9.17) is 21.1 Å². The van der Waals surface area contributed by atoms with E-state index < -0.39 is 5.97 Å². The van der Waals surface area contributed by atoms with Crippen molar-refractivity contribution in [2.75, 3.05) is 6.61 Å². The number of rotatable bonds is 6. The number of ether oxygens (including phenoxy) is 2. The minimum Gasteiger partial charge on any atom is -0.487 e. The van der Waals surface area contributed by atoms with Crippen LogP contribution in [-0.2, 0) is 11.3 Å². The first-order chi connectivity index (χ1) is 11.0. The van der Waals surface area contributed by atoms with E-state index >= 15 is 0 Å². The molecule has 5 heteroatoms. The molecular weight excluding hydrogens is 316 g/mol. The van der Waals surface area contributed by atoms with E-state index in [9.17, 15) is 9.59 Å². The van der Waals surface area contributed by atoms with Gasteiger partial charge in [-0.3, -0.25) is 4.79 Å². The van der Waals surface area contributed by atoms with Crippen molar-refractivity contribution in [1.29, 1.82) is 0 Å². The Morgan fingerprint density at radius 2 is 1.78 bits per heavy atom. The highest BCUT2D eigenvalue weighted by Gasteiger charge is 2.22. The summed E-state index contributed by atoms with van der Waals surface area (Å²) >= 11 is 6.28. The van der Waals surface area contributed by atoms with Crippen LogP contribution in [0.5, 0.6) is 5.75 Å². The Morgan fingerprint density at radius 3 is 2.39 bits per heavy atom. The standard InChI is InChI=1S/C18H17ClO4/c1-3-22-18(21)16-14(12(2)20)9-10-15(17(16)19)23-11-13-7-5-4-6-8-13/h4-10H,3,11H2,1-2H3. The summed E-state index contributed by atoms with van der Waals surface area (Å²) in [4.78, 5) is 23.8. The Hall–Kier alpha value is -2.33. The topological polar surface area (TPSA) is 52.6 Å². The number of Topliss-reactive ketones (excluding diaryl/α,β-unsaturated/α-hetero) is 1. The first-order valence-electron chi connectivity index (χ1n) is 7.21. The minimum absolute atomic E-state index is 0.0478. The van der Waals surface area contributed by atoms with Crippen LogP contribution in [0, 0.1) is 0 Å². The van der Waals surface area contributed by atoms with Gasteiger partial charge in [-0.25, -0.2) is 4.79 Å². The van der Waals surface area contributed by atoms with E-state index in [1.54, 1.807) is 13.0 Å². The first kappa shape index (κ1) is 17.0. The van der Waals surface area contributed by atoms with Gasteiger partial charge in [0, 0.05) is 5.56 Å². The van der Waals surface area contributed by atoms with Gasteiger partial charge in [-0.2, -0.15) is 0 Å². The Bertz CT molecular complexity index is 710. The molecule has 0 amide bonds. The third kappa shape index (κ3) is 4.11. The predicted octanol–water partition coefficient (Wildman–Crippen LogP) is 4.30. The van der Waals surface area contributed by atoms with E-state index in [0.29, 0.717) is 12.4 Å². The molecule has 0 N–H and O–H groups in total. The lowest BCUT2D eigenvalue weighted by Crippen LogP contribution is -2.12. The van der Waals surface area contributed by atoms with Gasteiger partial charge in [0.2, 0.25) is 0 Å². The van der Waals surface area contributed by atoms with Crippen LogP contribution in [-0.4, -0.2) is 18.4 Å². The van der Waals surface area contributed by atoms with Crippen molar-refractivity contribution in [3.8, 4) is 5.75 Å². The van der Waals surface area contributed by atoms with Crippen molar-refractivity contribution < 1.29 is 19.1 Å². The summed E-state index contributed by atoms with van der Waals surface area (Å²) in [5.41, 5.74) is 1.24. The molecule has 0 bridgehead atoms. The number of carbonyl (C=O) groups is 2. The van der Waals surface area contributed by atoms with Crippen LogP contribution < -0.4 is 4.74 Å². The number of ketones is 1. The fourth-order valence-electron chi connectivity index (χ4n) is 2.10. The molecule has 23 heavy (non-hydrogen) atoms. The van der Waals surface area contributed by atoms with Crippen molar-refractivity contribution in [3.05, 3.63) is 64.2 Å². The van der Waals surface area contributed by atoms with Gasteiger partial charge in [0.25, 0.3) is 0 Å². The van der Waals surface area contributed by atoms with E-state index in [0.717, 1.165) is 5.56 Å². The molecule has 0 atom stereocenters. The van der Waals surface area contributed by atoms with Crippen molar-refractivity contribution in [2.24, 2.45) is 0 Å². The molecule has 0 fully saturated rings. The highest BCUT2D eigenvalue weighted by molar-refractivity contribution is 6.36. The maximum atomic E-state index is 12.1. The Balaban J connectivity index is 2.32. The van der Waals surface area contributed by atoms with Crippen LogP contribution in [0.4, 0.5) is 0 Å². The molecule has 0 saturated carbocycles. The molecule has 0 unspecified atom stereocenters. The zero-order valence-electron chi connectivity index (χ0n) is 13.0. The number of halogens is 1. The first-order valence-corrected chi connectivity index (χ1v) is 7.59. The van der Waals surface area contributed by atoms with Crippen molar-refractivity contribution in [2.45, 2.75) is 20.5 Å². The van der Waals surface area contributed by atoms with Crippen molar-refractivity contribution in [1.82, 2.24) is 0 Å². The van der Waals surface area contributed by atoms with Gasteiger partial charge in [0.05, 0.1) is 17.2 Å². The molecular formula is C18H17ClO4. The lowest BCUT2D eigenvalue weighted by atomic mass is 10.0. The molecule has 2 rings (SSSR count). The molecule has 2 aromatic rings. The Labute approximate surface area is 140 Å². The van der Waals surface area contributed by atoms with Gasteiger partial charge >= 0.3 is 5.97 Å². The highest BCUT2D eigenvalue weighted by atomic mass is 35.5. The second-order valence-corrected chi connectivity index (χ2v) is 5.23. The van der Waals surface area contributed by atoms with Gasteiger partial charge < -0.3 is 9.47 Å². The lowest BCUT2D eigenvalue weighted by molar-refractivity contribution is 0.0523. The fourth-order valence-corrected chi connectivity index (χ4v) is 2.40. The van der Waals surface area contributed by atoms with Crippen LogP contribution in [0.25, 0.3) is 0 Å². The van der Waals surface area contributed by atoms with Crippen LogP contribution in [0.15, 0.2) is 42.5 Å². The van der Waals surface area contributed by atoms with Crippen LogP contribution in [0.3, 0.4) is 0 Å². The normalized spacial score (nSPS) is 10.2. The fraction of sp³-hybridized carbons (Fsp3) is 0.222. The molecule has 4 nitrogen and oxygen atoms in total. The van der Waals surface area contributed by atoms with Gasteiger partial charge in [-0.05, 0) is 31.5 Å². The molecule has 0 aliphatic rings. The Morgan fingerprint density at radius 1 is 1.09 bits per heavy atom. The molecule has 0 heterocycles. The largest absolute Gasteiger partial charge is 0.487 e. The van der Waals surface area contributed by atoms with Crippen LogP contribution in [0.1, 0.15) is 40.1 Å². The summed E-state index contributed by atoms with van der Waals surface area (Å²) in [5.74, 6) is -0.555. The smallest absolute Gasteiger partial charge is 0.340 e. The minimum atomic E-state index is -0.632. The number of hydrogen-bond donors (Lipinski definition) is 0. The van der Waals surface area contributed by atoms with Gasteiger partial charge in [-0.15, -0.1) is 0 Å². The van der Waals surface area contributed by atoms with Crippen molar-refractivity contribution in [3.63, 3.8) is 0 Å². The lowest BCUT2D eigenvalue weighted by Gasteiger charge is -2.13. The number of benzene rings is 2. The monoisotopic (exact) mass is 332 g/mol. The SMILES string of the molecule is CCOC(=O)c1c(C(C)=O)ccc(OCc2ccccc2)c1Cl. The van der Waals surface area contributed by atoms with Gasteiger partial charge in [-0.1, -0.05) is 41.9 Å². The van der Waals surface area contributed by atoms with E-state index in [1.165, 1.54) is 13.0 Å². The van der Waals surface area contributed by atoms with Gasteiger partial charge in [0.15, 0.2) is 5.78 Å². The molecule has 0 radical (unpaired) electrons. The summed E-state index contributed by atoms with van der Waals surface area (Å²) in [5, 5.41) is 0.0899. The average Bonchev–Trinajstić information content (AvgIpc) is 2.54.